The number of aryl methyl sites for hydroxylation is 2. The van der Waals surface area contributed by atoms with Crippen molar-refractivity contribution < 1.29 is 14.3 Å². The fraction of sp³-hybridized carbons (Fsp3) is 0.364. The minimum atomic E-state index is -0.179. The van der Waals surface area contributed by atoms with Crippen LogP contribution in [0.1, 0.15) is 22.5 Å². The SMILES string of the molecule is COc1ccc2c(c1)OCC(C(=O)NCCc1nc3cc(C)c(C)cc3[nH]1)C2. The molecule has 4 rings (SSSR count). The third kappa shape index (κ3) is 3.67. The van der Waals surface area contributed by atoms with Crippen molar-refractivity contribution in [3.63, 3.8) is 0 Å². The number of aromatic nitrogens is 2. The van der Waals surface area contributed by atoms with Gasteiger partial charge in [-0.05, 0) is 55.2 Å². The number of imidazole rings is 1. The third-order valence-electron chi connectivity index (χ3n) is 5.36. The average molecular weight is 379 g/mol. The molecule has 0 fully saturated rings. The van der Waals surface area contributed by atoms with Gasteiger partial charge in [0.25, 0.3) is 0 Å². The molecule has 6 heteroatoms. The van der Waals surface area contributed by atoms with E-state index in [-0.39, 0.29) is 11.8 Å². The number of hydrogen-bond acceptors (Lipinski definition) is 4. The number of ether oxygens (including phenoxy) is 2. The van der Waals surface area contributed by atoms with Gasteiger partial charge in [0.1, 0.15) is 23.9 Å². The fourth-order valence-corrected chi connectivity index (χ4v) is 3.54. The maximum Gasteiger partial charge on any atom is 0.226 e. The van der Waals surface area contributed by atoms with Gasteiger partial charge in [-0.1, -0.05) is 6.07 Å². The summed E-state index contributed by atoms with van der Waals surface area (Å²) in [6, 6.07) is 9.94. The molecule has 2 heterocycles. The lowest BCUT2D eigenvalue weighted by Crippen LogP contribution is -2.38. The number of nitrogens with one attached hydrogen (secondary N) is 2. The summed E-state index contributed by atoms with van der Waals surface area (Å²) in [4.78, 5) is 20.5. The lowest BCUT2D eigenvalue weighted by molar-refractivity contribution is -0.126. The summed E-state index contributed by atoms with van der Waals surface area (Å²) < 4.78 is 11.0. The van der Waals surface area contributed by atoms with Crippen molar-refractivity contribution in [2.75, 3.05) is 20.3 Å². The van der Waals surface area contributed by atoms with Crippen LogP contribution in [0, 0.1) is 19.8 Å². The summed E-state index contributed by atoms with van der Waals surface area (Å²) in [6.45, 7) is 5.11. The van der Waals surface area contributed by atoms with Crippen molar-refractivity contribution in [1.82, 2.24) is 15.3 Å². The molecular weight excluding hydrogens is 354 g/mol. The van der Waals surface area contributed by atoms with Crippen LogP contribution in [0.3, 0.4) is 0 Å². The van der Waals surface area contributed by atoms with Crippen LogP contribution < -0.4 is 14.8 Å². The third-order valence-corrected chi connectivity index (χ3v) is 5.36. The second-order valence-corrected chi connectivity index (χ2v) is 7.36. The number of hydrogen-bond donors (Lipinski definition) is 2. The highest BCUT2D eigenvalue weighted by molar-refractivity contribution is 5.80. The van der Waals surface area contributed by atoms with E-state index in [1.165, 1.54) is 11.1 Å². The number of amides is 1. The molecule has 0 saturated carbocycles. The normalized spacial score (nSPS) is 15.8. The van der Waals surface area contributed by atoms with E-state index >= 15 is 0 Å². The Morgan fingerprint density at radius 3 is 2.93 bits per heavy atom. The Bertz CT molecular complexity index is 986. The Kier molecular flexibility index (Phi) is 4.94. The molecule has 2 aromatic carbocycles. The van der Waals surface area contributed by atoms with Gasteiger partial charge in [0, 0.05) is 19.0 Å². The fourth-order valence-electron chi connectivity index (χ4n) is 3.54. The molecule has 0 spiro atoms. The number of rotatable bonds is 5. The van der Waals surface area contributed by atoms with Crippen LogP contribution in [0.15, 0.2) is 30.3 Å². The van der Waals surface area contributed by atoms with Crippen LogP contribution in [0.25, 0.3) is 11.0 Å². The molecule has 146 valence electrons. The molecule has 1 unspecified atom stereocenters. The number of carbonyl (C=O) groups is 1. The molecule has 3 aromatic rings. The van der Waals surface area contributed by atoms with Crippen LogP contribution >= 0.6 is 0 Å². The Morgan fingerprint density at radius 2 is 2.11 bits per heavy atom. The summed E-state index contributed by atoms with van der Waals surface area (Å²) in [7, 11) is 1.63. The molecule has 28 heavy (non-hydrogen) atoms. The summed E-state index contributed by atoms with van der Waals surface area (Å²) in [6.07, 6.45) is 1.34. The first-order valence-electron chi connectivity index (χ1n) is 9.57. The molecular formula is C22H25N3O3. The first kappa shape index (κ1) is 18.3. The molecule has 6 nitrogen and oxygen atoms in total. The molecule has 0 aliphatic carbocycles. The number of fused-ring (bicyclic) bond motifs is 2. The van der Waals surface area contributed by atoms with Gasteiger partial charge in [0.05, 0.1) is 24.1 Å². The number of methoxy groups -OCH3 is 1. The molecule has 1 aliphatic rings. The Labute approximate surface area is 164 Å². The Hall–Kier alpha value is -3.02. The van der Waals surface area contributed by atoms with Crippen LogP contribution in [0.2, 0.25) is 0 Å². The van der Waals surface area contributed by atoms with E-state index in [0.717, 1.165) is 33.9 Å². The predicted molar refractivity (Wildman–Crippen MR) is 108 cm³/mol. The summed E-state index contributed by atoms with van der Waals surface area (Å²) in [5.41, 5.74) is 5.52. The van der Waals surface area contributed by atoms with E-state index in [4.69, 9.17) is 9.47 Å². The van der Waals surface area contributed by atoms with E-state index in [2.05, 4.69) is 41.3 Å². The van der Waals surface area contributed by atoms with Crippen molar-refractivity contribution in [3.8, 4) is 11.5 Å². The monoisotopic (exact) mass is 379 g/mol. The van der Waals surface area contributed by atoms with Crippen LogP contribution in [-0.4, -0.2) is 36.1 Å². The van der Waals surface area contributed by atoms with Crippen LogP contribution in [0.5, 0.6) is 11.5 Å². The van der Waals surface area contributed by atoms with Crippen molar-refractivity contribution in [3.05, 3.63) is 52.8 Å². The lowest BCUT2D eigenvalue weighted by atomic mass is 9.96. The minimum absolute atomic E-state index is 0.0178. The quantitative estimate of drug-likeness (QED) is 0.714. The second kappa shape index (κ2) is 7.54. The molecule has 1 aliphatic heterocycles. The Balaban J connectivity index is 1.33. The minimum Gasteiger partial charge on any atom is -0.497 e. The first-order chi connectivity index (χ1) is 13.5. The standard InChI is InChI=1S/C22H25N3O3/c1-13-8-18-19(9-14(13)2)25-21(24-18)6-7-23-22(26)16-10-15-4-5-17(27-3)11-20(15)28-12-16/h4-5,8-9,11,16H,6-7,10,12H2,1-3H3,(H,23,26)(H,24,25). The maximum absolute atomic E-state index is 12.5. The molecule has 1 atom stereocenters. The smallest absolute Gasteiger partial charge is 0.226 e. The van der Waals surface area contributed by atoms with E-state index in [1.807, 2.05) is 18.2 Å². The molecule has 0 saturated heterocycles. The highest BCUT2D eigenvalue weighted by Gasteiger charge is 2.26. The number of carbonyl (C=O) groups excluding carboxylic acids is 1. The average Bonchev–Trinajstić information content (AvgIpc) is 3.08. The summed E-state index contributed by atoms with van der Waals surface area (Å²) in [5, 5.41) is 3.02. The van der Waals surface area contributed by atoms with E-state index in [0.29, 0.717) is 26.0 Å². The maximum atomic E-state index is 12.5. The first-order valence-corrected chi connectivity index (χ1v) is 9.57. The molecule has 2 N–H and O–H groups in total. The lowest BCUT2D eigenvalue weighted by Gasteiger charge is -2.25. The van der Waals surface area contributed by atoms with Gasteiger partial charge in [-0.2, -0.15) is 0 Å². The van der Waals surface area contributed by atoms with E-state index in [1.54, 1.807) is 7.11 Å². The van der Waals surface area contributed by atoms with Crippen molar-refractivity contribution in [1.29, 1.82) is 0 Å². The van der Waals surface area contributed by atoms with Gasteiger partial charge in [-0.15, -0.1) is 0 Å². The molecule has 0 radical (unpaired) electrons. The zero-order valence-electron chi connectivity index (χ0n) is 16.5. The number of H-pyrrole nitrogens is 1. The number of aromatic amines is 1. The largest absolute Gasteiger partial charge is 0.497 e. The van der Waals surface area contributed by atoms with Crippen LogP contribution in [0.4, 0.5) is 0 Å². The molecule has 1 aromatic heterocycles. The zero-order valence-corrected chi connectivity index (χ0v) is 16.5. The molecule has 0 bridgehead atoms. The predicted octanol–water partition coefficient (Wildman–Crippen LogP) is 3.10. The van der Waals surface area contributed by atoms with Gasteiger partial charge >= 0.3 is 0 Å². The van der Waals surface area contributed by atoms with Gasteiger partial charge in [-0.25, -0.2) is 4.98 Å². The number of nitrogens with zero attached hydrogens (tertiary/aromatic N) is 1. The topological polar surface area (TPSA) is 76.2 Å². The van der Waals surface area contributed by atoms with Gasteiger partial charge in [0.2, 0.25) is 5.91 Å². The van der Waals surface area contributed by atoms with Crippen molar-refractivity contribution >= 4 is 16.9 Å². The van der Waals surface area contributed by atoms with Gasteiger partial charge < -0.3 is 19.8 Å². The summed E-state index contributed by atoms with van der Waals surface area (Å²) in [5.74, 6) is 2.29. The van der Waals surface area contributed by atoms with Crippen LogP contribution in [-0.2, 0) is 17.6 Å². The van der Waals surface area contributed by atoms with E-state index in [9.17, 15) is 4.79 Å². The van der Waals surface area contributed by atoms with Crippen molar-refractivity contribution in [2.45, 2.75) is 26.7 Å². The van der Waals surface area contributed by atoms with Gasteiger partial charge in [-0.3, -0.25) is 4.79 Å². The Morgan fingerprint density at radius 1 is 1.29 bits per heavy atom. The summed E-state index contributed by atoms with van der Waals surface area (Å²) >= 11 is 0. The highest BCUT2D eigenvalue weighted by atomic mass is 16.5. The van der Waals surface area contributed by atoms with Crippen molar-refractivity contribution in [2.24, 2.45) is 5.92 Å². The van der Waals surface area contributed by atoms with E-state index < -0.39 is 0 Å². The zero-order chi connectivity index (χ0) is 19.7. The second-order valence-electron chi connectivity index (χ2n) is 7.36. The molecule has 1 amide bonds. The number of benzene rings is 2. The highest BCUT2D eigenvalue weighted by Crippen LogP contribution is 2.31. The van der Waals surface area contributed by atoms with Gasteiger partial charge in [0.15, 0.2) is 0 Å².